The molecule has 40 valence electrons. The number of halogens is 1. The van der Waals surface area contributed by atoms with E-state index >= 15 is 0 Å². The third-order valence-electron chi connectivity index (χ3n) is 0.667. The SMILES string of the molecule is CC1=CN(I)NN1. The maximum Gasteiger partial charge on any atom is 0.0777 e. The first-order chi connectivity index (χ1) is 3.29. The van der Waals surface area contributed by atoms with Gasteiger partial charge in [-0.15, -0.1) is 5.53 Å². The van der Waals surface area contributed by atoms with Crippen molar-refractivity contribution in [2.75, 3.05) is 0 Å². The Labute approximate surface area is 56.2 Å². The second-order valence-corrected chi connectivity index (χ2v) is 2.40. The van der Waals surface area contributed by atoms with Gasteiger partial charge in [0, 0.05) is 11.9 Å². The molecule has 0 aliphatic carbocycles. The molecule has 1 rings (SSSR count). The number of nitrogens with zero attached hydrogens (tertiary/aromatic N) is 1. The number of hydrazine groups is 2. The Morgan fingerprint density at radius 1 is 1.86 bits per heavy atom. The highest BCUT2D eigenvalue weighted by Gasteiger charge is 1.99. The molecule has 0 unspecified atom stereocenters. The number of allylic oxidation sites excluding steroid dienone is 1. The fraction of sp³-hybridized carbons (Fsp3) is 0.333. The van der Waals surface area contributed by atoms with Crippen LogP contribution in [0.5, 0.6) is 0 Å². The van der Waals surface area contributed by atoms with E-state index in [2.05, 4.69) is 33.8 Å². The molecule has 4 heteroatoms. The number of hydrogen-bond acceptors (Lipinski definition) is 3. The van der Waals surface area contributed by atoms with Crippen molar-refractivity contribution in [1.29, 1.82) is 0 Å². The van der Waals surface area contributed by atoms with Crippen LogP contribution in [0.1, 0.15) is 6.92 Å². The monoisotopic (exact) mass is 211 g/mol. The van der Waals surface area contributed by atoms with E-state index in [1.807, 2.05) is 16.3 Å². The van der Waals surface area contributed by atoms with E-state index in [0.29, 0.717) is 0 Å². The van der Waals surface area contributed by atoms with Gasteiger partial charge in [0.2, 0.25) is 0 Å². The first-order valence-electron chi connectivity index (χ1n) is 1.94. The van der Waals surface area contributed by atoms with Crippen LogP contribution in [-0.2, 0) is 0 Å². The molecule has 0 atom stereocenters. The highest BCUT2D eigenvalue weighted by molar-refractivity contribution is 14.1. The first-order valence-corrected chi connectivity index (χ1v) is 2.90. The van der Waals surface area contributed by atoms with Crippen LogP contribution >= 0.6 is 22.9 Å². The molecule has 0 spiro atoms. The minimum absolute atomic E-state index is 1.13. The molecule has 2 N–H and O–H groups in total. The number of rotatable bonds is 0. The summed E-state index contributed by atoms with van der Waals surface area (Å²) in [7, 11) is 0. The van der Waals surface area contributed by atoms with Crippen LogP contribution in [-0.4, -0.2) is 3.22 Å². The van der Waals surface area contributed by atoms with Crippen molar-refractivity contribution in [3.05, 3.63) is 11.9 Å². The van der Waals surface area contributed by atoms with Gasteiger partial charge in [-0.1, -0.05) is 0 Å². The van der Waals surface area contributed by atoms with Crippen LogP contribution in [0.25, 0.3) is 0 Å². The van der Waals surface area contributed by atoms with Crippen LogP contribution in [0, 0.1) is 0 Å². The smallest absolute Gasteiger partial charge is 0.0777 e. The van der Waals surface area contributed by atoms with E-state index in [-0.39, 0.29) is 0 Å². The molecule has 7 heavy (non-hydrogen) atoms. The zero-order valence-electron chi connectivity index (χ0n) is 3.90. The minimum Gasteiger partial charge on any atom is -0.306 e. The van der Waals surface area contributed by atoms with E-state index in [0.717, 1.165) is 5.70 Å². The molecule has 0 aromatic carbocycles. The highest BCUT2D eigenvalue weighted by Crippen LogP contribution is 2.01. The van der Waals surface area contributed by atoms with Gasteiger partial charge in [0.05, 0.1) is 22.9 Å². The van der Waals surface area contributed by atoms with Crippen molar-refractivity contribution >= 4 is 22.9 Å². The molecule has 1 aliphatic rings. The van der Waals surface area contributed by atoms with Crippen LogP contribution < -0.4 is 11.0 Å². The zero-order chi connectivity index (χ0) is 5.28. The first kappa shape index (κ1) is 5.17. The third kappa shape index (κ3) is 1.20. The summed E-state index contributed by atoms with van der Waals surface area (Å²) in [6, 6.07) is 0. The van der Waals surface area contributed by atoms with Crippen molar-refractivity contribution < 1.29 is 0 Å². The molecule has 0 bridgehead atoms. The average Bonchev–Trinajstić information content (AvgIpc) is 1.87. The fourth-order valence-electron chi connectivity index (χ4n) is 0.376. The predicted molar refractivity (Wildman–Crippen MR) is 35.9 cm³/mol. The molecule has 0 radical (unpaired) electrons. The summed E-state index contributed by atoms with van der Waals surface area (Å²) >= 11 is 2.13. The van der Waals surface area contributed by atoms with Gasteiger partial charge in [-0.05, 0) is 6.92 Å². The van der Waals surface area contributed by atoms with E-state index in [9.17, 15) is 0 Å². The van der Waals surface area contributed by atoms with Gasteiger partial charge in [0.15, 0.2) is 0 Å². The Morgan fingerprint density at radius 2 is 2.57 bits per heavy atom. The largest absolute Gasteiger partial charge is 0.306 e. The molecule has 0 amide bonds. The van der Waals surface area contributed by atoms with Gasteiger partial charge >= 0.3 is 0 Å². The van der Waals surface area contributed by atoms with E-state index in [4.69, 9.17) is 0 Å². The minimum atomic E-state index is 1.13. The van der Waals surface area contributed by atoms with Gasteiger partial charge in [0.1, 0.15) is 0 Å². The Hall–Kier alpha value is 0.0300. The quantitative estimate of drug-likeness (QED) is 0.451. The fourth-order valence-corrected chi connectivity index (χ4v) is 0.915. The van der Waals surface area contributed by atoms with E-state index in [1.165, 1.54) is 0 Å². The summed E-state index contributed by atoms with van der Waals surface area (Å²) in [5.74, 6) is 0. The lowest BCUT2D eigenvalue weighted by Gasteiger charge is -2.01. The molecule has 0 aromatic rings. The Bertz CT molecular complexity index is 100. The predicted octanol–water partition coefficient (Wildman–Crippen LogP) is 0.523. The molecular formula is C3H6IN3. The average molecular weight is 211 g/mol. The molecule has 1 heterocycles. The molecule has 3 nitrogen and oxygen atoms in total. The maximum atomic E-state index is 2.90. The second kappa shape index (κ2) is 1.87. The molecule has 0 saturated heterocycles. The van der Waals surface area contributed by atoms with Crippen molar-refractivity contribution in [3.8, 4) is 0 Å². The third-order valence-corrected chi connectivity index (χ3v) is 1.19. The van der Waals surface area contributed by atoms with Crippen molar-refractivity contribution in [2.45, 2.75) is 6.92 Å². The van der Waals surface area contributed by atoms with Gasteiger partial charge in [-0.2, -0.15) is 0 Å². The molecule has 0 saturated carbocycles. The summed E-state index contributed by atoms with van der Waals surface area (Å²) in [6.45, 7) is 1.99. The summed E-state index contributed by atoms with van der Waals surface area (Å²) in [5, 5.41) is 0. The summed E-state index contributed by atoms with van der Waals surface area (Å²) in [5.41, 5.74) is 6.88. The lowest BCUT2D eigenvalue weighted by atomic mass is 10.6. The van der Waals surface area contributed by atoms with Gasteiger partial charge in [-0.3, -0.25) is 0 Å². The van der Waals surface area contributed by atoms with Crippen molar-refractivity contribution in [3.63, 3.8) is 0 Å². The number of nitrogens with one attached hydrogen (secondary N) is 2. The lowest BCUT2D eigenvalue weighted by molar-refractivity contribution is 0.475. The Kier molecular flexibility index (Phi) is 1.38. The van der Waals surface area contributed by atoms with Crippen LogP contribution in [0.3, 0.4) is 0 Å². The number of hydrogen-bond donors (Lipinski definition) is 2. The zero-order valence-corrected chi connectivity index (χ0v) is 6.06. The summed E-state index contributed by atoms with van der Waals surface area (Å²) in [4.78, 5) is 0. The van der Waals surface area contributed by atoms with E-state index in [1.54, 1.807) is 0 Å². The van der Waals surface area contributed by atoms with Crippen molar-refractivity contribution in [2.24, 2.45) is 0 Å². The molecule has 0 aromatic heterocycles. The van der Waals surface area contributed by atoms with E-state index < -0.39 is 0 Å². The Morgan fingerprint density at radius 3 is 2.71 bits per heavy atom. The van der Waals surface area contributed by atoms with Gasteiger partial charge < -0.3 is 5.43 Å². The topological polar surface area (TPSA) is 27.3 Å². The van der Waals surface area contributed by atoms with Crippen LogP contribution in [0.15, 0.2) is 11.9 Å². The maximum absolute atomic E-state index is 2.90. The summed E-state index contributed by atoms with van der Waals surface area (Å²) in [6.07, 6.45) is 1.96. The van der Waals surface area contributed by atoms with Crippen LogP contribution in [0.4, 0.5) is 0 Å². The highest BCUT2D eigenvalue weighted by atomic mass is 127. The van der Waals surface area contributed by atoms with Crippen LogP contribution in [0.2, 0.25) is 0 Å². The van der Waals surface area contributed by atoms with Gasteiger partial charge in [0.25, 0.3) is 0 Å². The van der Waals surface area contributed by atoms with Crippen molar-refractivity contribution in [1.82, 2.24) is 14.2 Å². The summed E-state index contributed by atoms with van der Waals surface area (Å²) < 4.78 is 1.83. The normalized spacial score (nSPS) is 19.1. The Balaban J connectivity index is 2.50. The standard InChI is InChI=1S/C3H6IN3/c1-3-2-7(4)6-5-3/h2,5-6H,1H3. The molecular weight excluding hydrogens is 205 g/mol. The molecule has 0 fully saturated rings. The second-order valence-electron chi connectivity index (χ2n) is 1.36. The van der Waals surface area contributed by atoms with Gasteiger partial charge in [-0.25, -0.2) is 3.22 Å². The lowest BCUT2D eigenvalue weighted by Crippen LogP contribution is -2.29. The molecule has 1 aliphatic heterocycles.